The number of rotatable bonds is 6. The fourth-order valence-electron chi connectivity index (χ4n) is 3.33. The normalized spacial score (nSPS) is 19.9. The van der Waals surface area contributed by atoms with Crippen molar-refractivity contribution < 1.29 is 13.2 Å². The van der Waals surface area contributed by atoms with Gasteiger partial charge in [-0.15, -0.1) is 0 Å². The lowest BCUT2D eigenvalue weighted by Crippen LogP contribution is -2.35. The summed E-state index contributed by atoms with van der Waals surface area (Å²) in [7, 11) is -3.14. The Balaban J connectivity index is 1.57. The molecular weight excluding hydrogens is 314 g/mol. The molecule has 0 saturated carbocycles. The van der Waals surface area contributed by atoms with Gasteiger partial charge in [0.25, 0.3) is 0 Å². The van der Waals surface area contributed by atoms with E-state index in [9.17, 15) is 8.42 Å². The van der Waals surface area contributed by atoms with Gasteiger partial charge in [-0.3, -0.25) is 4.98 Å². The number of hydrogen-bond donors (Lipinski definition) is 0. The van der Waals surface area contributed by atoms with E-state index in [2.05, 4.69) is 9.88 Å². The van der Waals surface area contributed by atoms with Crippen LogP contribution in [0, 0.1) is 0 Å². The number of pyridine rings is 1. The summed E-state index contributed by atoms with van der Waals surface area (Å²) >= 11 is 0. The summed E-state index contributed by atoms with van der Waals surface area (Å²) in [6.07, 6.45) is 8.22. The van der Waals surface area contributed by atoms with Crippen LogP contribution in [0.1, 0.15) is 29.5 Å². The van der Waals surface area contributed by atoms with Gasteiger partial charge in [-0.2, -0.15) is 4.31 Å². The lowest BCUT2D eigenvalue weighted by molar-refractivity contribution is 0.0984. The molecule has 7 heteroatoms. The Hall–Kier alpha value is -1.02. The van der Waals surface area contributed by atoms with Crippen molar-refractivity contribution in [2.45, 2.75) is 32.4 Å². The molecule has 0 unspecified atom stereocenters. The molecule has 1 aromatic heterocycles. The number of nitrogens with zero attached hydrogens (tertiary/aromatic N) is 3. The second-order valence-electron chi connectivity index (χ2n) is 6.38. The van der Waals surface area contributed by atoms with Crippen LogP contribution in [0.15, 0.2) is 12.4 Å². The summed E-state index contributed by atoms with van der Waals surface area (Å²) in [4.78, 5) is 6.69. The van der Waals surface area contributed by atoms with Gasteiger partial charge in [0.2, 0.25) is 10.0 Å². The first-order chi connectivity index (χ1) is 11.0. The van der Waals surface area contributed by atoms with E-state index in [-0.39, 0.29) is 0 Å². The van der Waals surface area contributed by atoms with Crippen LogP contribution < -0.4 is 0 Å². The quantitative estimate of drug-likeness (QED) is 0.724. The number of ether oxygens (including phenoxy) is 1. The van der Waals surface area contributed by atoms with Crippen molar-refractivity contribution >= 4 is 10.0 Å². The minimum atomic E-state index is -3.14. The Bertz CT molecular complexity index is 642. The average Bonchev–Trinajstić information content (AvgIpc) is 3.03. The van der Waals surface area contributed by atoms with Crippen molar-refractivity contribution in [1.82, 2.24) is 14.2 Å². The molecule has 1 saturated heterocycles. The molecule has 0 amide bonds. The van der Waals surface area contributed by atoms with Gasteiger partial charge < -0.3 is 9.64 Å². The molecule has 128 valence electrons. The van der Waals surface area contributed by atoms with E-state index in [0.29, 0.717) is 19.7 Å². The fraction of sp³-hybridized carbons (Fsp3) is 0.688. The minimum absolute atomic E-state index is 0.419. The third-order valence-electron chi connectivity index (χ3n) is 4.67. The molecule has 1 aromatic rings. The predicted molar refractivity (Wildman–Crippen MR) is 88.5 cm³/mol. The monoisotopic (exact) mass is 339 g/mol. The van der Waals surface area contributed by atoms with E-state index < -0.39 is 10.0 Å². The lowest BCUT2D eigenvalue weighted by atomic mass is 9.99. The minimum Gasteiger partial charge on any atom is -0.375 e. The molecule has 23 heavy (non-hydrogen) atoms. The lowest BCUT2D eigenvalue weighted by Gasteiger charge is -2.27. The van der Waals surface area contributed by atoms with Crippen LogP contribution in [0.2, 0.25) is 0 Å². The maximum Gasteiger partial charge on any atom is 0.211 e. The standard InChI is InChI=1S/C16H25N3O3S/c1-23(20,21)19-7-4-16-14(12-19)10-17-11-15(16)13-22-9-8-18-5-2-3-6-18/h10-11H,2-9,12-13H2,1H3. The van der Waals surface area contributed by atoms with Gasteiger partial charge in [0, 0.05) is 32.0 Å². The zero-order valence-corrected chi connectivity index (χ0v) is 14.5. The Labute approximate surface area is 138 Å². The van der Waals surface area contributed by atoms with Gasteiger partial charge in [0.1, 0.15) is 0 Å². The van der Waals surface area contributed by atoms with Crippen LogP contribution in [-0.4, -0.2) is 61.6 Å². The summed E-state index contributed by atoms with van der Waals surface area (Å²) in [6, 6.07) is 0. The van der Waals surface area contributed by atoms with Crippen molar-refractivity contribution in [1.29, 1.82) is 0 Å². The molecule has 3 rings (SSSR count). The molecule has 3 heterocycles. The van der Waals surface area contributed by atoms with Gasteiger partial charge in [0.05, 0.1) is 19.5 Å². The van der Waals surface area contributed by atoms with Crippen molar-refractivity contribution in [3.63, 3.8) is 0 Å². The number of sulfonamides is 1. The van der Waals surface area contributed by atoms with E-state index in [1.807, 2.05) is 6.20 Å². The first-order valence-electron chi connectivity index (χ1n) is 8.24. The van der Waals surface area contributed by atoms with E-state index >= 15 is 0 Å². The molecule has 0 N–H and O–H groups in total. The van der Waals surface area contributed by atoms with Gasteiger partial charge in [-0.05, 0) is 49.0 Å². The molecule has 0 radical (unpaired) electrons. The van der Waals surface area contributed by atoms with E-state index in [0.717, 1.165) is 30.7 Å². The highest BCUT2D eigenvalue weighted by Gasteiger charge is 2.24. The molecule has 0 aliphatic carbocycles. The molecule has 6 nitrogen and oxygen atoms in total. The Morgan fingerprint density at radius 1 is 1.22 bits per heavy atom. The van der Waals surface area contributed by atoms with Crippen LogP contribution in [0.3, 0.4) is 0 Å². The summed E-state index contributed by atoms with van der Waals surface area (Å²) in [5.41, 5.74) is 3.31. The van der Waals surface area contributed by atoms with Crippen molar-refractivity contribution in [2.75, 3.05) is 39.0 Å². The molecule has 0 aromatic carbocycles. The highest BCUT2D eigenvalue weighted by molar-refractivity contribution is 7.88. The van der Waals surface area contributed by atoms with E-state index in [1.54, 1.807) is 6.20 Å². The van der Waals surface area contributed by atoms with Crippen molar-refractivity contribution in [2.24, 2.45) is 0 Å². The Kier molecular flexibility index (Phi) is 5.31. The molecule has 0 spiro atoms. The highest BCUT2D eigenvalue weighted by atomic mass is 32.2. The molecule has 0 atom stereocenters. The van der Waals surface area contributed by atoms with Gasteiger partial charge in [-0.25, -0.2) is 8.42 Å². The van der Waals surface area contributed by atoms with Crippen LogP contribution in [-0.2, 0) is 34.3 Å². The van der Waals surface area contributed by atoms with Gasteiger partial charge in [0.15, 0.2) is 0 Å². The molecule has 2 aliphatic rings. The van der Waals surface area contributed by atoms with E-state index in [1.165, 1.54) is 42.1 Å². The van der Waals surface area contributed by atoms with Crippen molar-refractivity contribution in [3.05, 3.63) is 29.1 Å². The van der Waals surface area contributed by atoms with E-state index in [4.69, 9.17) is 4.74 Å². The molecule has 1 fully saturated rings. The highest BCUT2D eigenvalue weighted by Crippen LogP contribution is 2.23. The van der Waals surface area contributed by atoms with Crippen LogP contribution in [0.4, 0.5) is 0 Å². The summed E-state index contributed by atoms with van der Waals surface area (Å²) in [5, 5.41) is 0. The second kappa shape index (κ2) is 7.25. The van der Waals surface area contributed by atoms with Gasteiger partial charge in [-0.1, -0.05) is 0 Å². The molecule has 2 aliphatic heterocycles. The fourth-order valence-corrected chi connectivity index (χ4v) is 4.13. The molecular formula is C16H25N3O3S. The van der Waals surface area contributed by atoms with Crippen LogP contribution in [0.25, 0.3) is 0 Å². The van der Waals surface area contributed by atoms with Gasteiger partial charge >= 0.3 is 0 Å². The summed E-state index contributed by atoms with van der Waals surface area (Å²) < 4.78 is 30.7. The second-order valence-corrected chi connectivity index (χ2v) is 8.37. The Morgan fingerprint density at radius 3 is 2.74 bits per heavy atom. The topological polar surface area (TPSA) is 62.7 Å². The van der Waals surface area contributed by atoms with Crippen molar-refractivity contribution in [3.8, 4) is 0 Å². The largest absolute Gasteiger partial charge is 0.375 e. The number of aromatic nitrogens is 1. The maximum absolute atomic E-state index is 11.7. The third kappa shape index (κ3) is 4.29. The number of likely N-dealkylation sites (tertiary alicyclic amines) is 1. The molecule has 0 bridgehead atoms. The maximum atomic E-state index is 11.7. The van der Waals surface area contributed by atoms with Crippen LogP contribution >= 0.6 is 0 Å². The zero-order chi connectivity index (χ0) is 16.3. The predicted octanol–water partition coefficient (Wildman–Crippen LogP) is 1.01. The first kappa shape index (κ1) is 16.8. The number of hydrogen-bond acceptors (Lipinski definition) is 5. The summed E-state index contributed by atoms with van der Waals surface area (Å²) in [5.74, 6) is 0. The Morgan fingerprint density at radius 2 is 2.00 bits per heavy atom. The third-order valence-corrected chi connectivity index (χ3v) is 5.92. The zero-order valence-electron chi connectivity index (χ0n) is 13.7. The summed E-state index contributed by atoms with van der Waals surface area (Å²) in [6.45, 7) is 5.62. The smallest absolute Gasteiger partial charge is 0.211 e. The average molecular weight is 339 g/mol. The van der Waals surface area contributed by atoms with Crippen LogP contribution in [0.5, 0.6) is 0 Å². The SMILES string of the molecule is CS(=O)(=O)N1CCc2c(COCCN3CCCC3)cncc2C1. The first-order valence-corrected chi connectivity index (χ1v) is 10.1. The number of fused-ring (bicyclic) bond motifs is 1.